The molecule has 0 unspecified atom stereocenters. The molecule has 1 rings (SSSR count). The first-order valence-corrected chi connectivity index (χ1v) is 7.24. The van der Waals surface area contributed by atoms with Crippen molar-refractivity contribution in [2.24, 2.45) is 0 Å². The number of aromatic nitrogens is 1. The number of anilines is 1. The molecule has 0 atom stereocenters. The van der Waals surface area contributed by atoms with Crippen molar-refractivity contribution in [1.29, 1.82) is 0 Å². The van der Waals surface area contributed by atoms with Gasteiger partial charge in [-0.15, -0.1) is 0 Å². The summed E-state index contributed by atoms with van der Waals surface area (Å²) in [6, 6.07) is 5.96. The lowest BCUT2D eigenvalue weighted by Crippen LogP contribution is -2.31. The smallest absolute Gasteiger partial charge is 0.269 e. The van der Waals surface area contributed by atoms with Crippen molar-refractivity contribution in [3.8, 4) is 0 Å². The normalized spacial score (nSPS) is 10.9. The van der Waals surface area contributed by atoms with E-state index in [2.05, 4.69) is 41.4 Å². The van der Waals surface area contributed by atoms with E-state index in [1.54, 1.807) is 6.07 Å². The summed E-state index contributed by atoms with van der Waals surface area (Å²) < 4.78 is 0. The highest BCUT2D eigenvalue weighted by atomic mass is 16.1. The average Bonchev–Trinajstić information content (AvgIpc) is 2.43. The van der Waals surface area contributed by atoms with Crippen molar-refractivity contribution in [1.82, 2.24) is 15.2 Å². The van der Waals surface area contributed by atoms with Crippen molar-refractivity contribution in [3.63, 3.8) is 0 Å². The summed E-state index contributed by atoms with van der Waals surface area (Å²) in [5.41, 5.74) is 0.459. The SMILES string of the molecule is CCNc1cccc(C(=O)NCCCN(C)C(C)C)n1. The van der Waals surface area contributed by atoms with Gasteiger partial charge in [-0.25, -0.2) is 4.98 Å². The van der Waals surface area contributed by atoms with Crippen LogP contribution in [0.15, 0.2) is 18.2 Å². The lowest BCUT2D eigenvalue weighted by molar-refractivity contribution is 0.0947. The number of amides is 1. The molecule has 5 nitrogen and oxygen atoms in total. The van der Waals surface area contributed by atoms with Gasteiger partial charge in [-0.2, -0.15) is 0 Å². The Morgan fingerprint density at radius 1 is 1.40 bits per heavy atom. The van der Waals surface area contributed by atoms with Gasteiger partial charge in [-0.3, -0.25) is 4.79 Å². The zero-order valence-electron chi connectivity index (χ0n) is 12.9. The molecule has 0 bridgehead atoms. The summed E-state index contributed by atoms with van der Waals surface area (Å²) >= 11 is 0. The molecular weight excluding hydrogens is 252 g/mol. The Bertz CT molecular complexity index is 420. The largest absolute Gasteiger partial charge is 0.370 e. The van der Waals surface area contributed by atoms with Crippen molar-refractivity contribution in [3.05, 3.63) is 23.9 Å². The zero-order valence-corrected chi connectivity index (χ0v) is 12.9. The van der Waals surface area contributed by atoms with Gasteiger partial charge in [-0.1, -0.05) is 6.07 Å². The van der Waals surface area contributed by atoms with Crippen LogP contribution in [0, 0.1) is 0 Å². The number of carbonyl (C=O) groups is 1. The van der Waals surface area contributed by atoms with Gasteiger partial charge in [-0.05, 0) is 52.9 Å². The Morgan fingerprint density at radius 2 is 2.15 bits per heavy atom. The van der Waals surface area contributed by atoms with E-state index in [1.807, 2.05) is 19.1 Å². The summed E-state index contributed by atoms with van der Waals surface area (Å²) in [7, 11) is 2.09. The molecule has 1 amide bonds. The molecule has 2 N–H and O–H groups in total. The second kappa shape index (κ2) is 8.53. The Balaban J connectivity index is 2.37. The Kier molecular flexibility index (Phi) is 7.01. The van der Waals surface area contributed by atoms with Gasteiger partial charge in [0.25, 0.3) is 5.91 Å². The zero-order chi connectivity index (χ0) is 15.0. The van der Waals surface area contributed by atoms with E-state index in [9.17, 15) is 4.79 Å². The molecule has 112 valence electrons. The maximum atomic E-state index is 12.0. The van der Waals surface area contributed by atoms with Gasteiger partial charge < -0.3 is 15.5 Å². The van der Waals surface area contributed by atoms with Crippen molar-refractivity contribution in [2.75, 3.05) is 32.0 Å². The Hall–Kier alpha value is -1.62. The summed E-state index contributed by atoms with van der Waals surface area (Å²) in [5.74, 6) is 0.622. The van der Waals surface area contributed by atoms with Crippen LogP contribution in [0.2, 0.25) is 0 Å². The van der Waals surface area contributed by atoms with Crippen molar-refractivity contribution in [2.45, 2.75) is 33.2 Å². The molecule has 0 saturated carbocycles. The average molecular weight is 278 g/mol. The second-order valence-corrected chi connectivity index (χ2v) is 5.12. The predicted molar refractivity (Wildman–Crippen MR) is 83.1 cm³/mol. The van der Waals surface area contributed by atoms with Gasteiger partial charge in [0.2, 0.25) is 0 Å². The van der Waals surface area contributed by atoms with Crippen LogP contribution in [0.3, 0.4) is 0 Å². The number of nitrogens with zero attached hydrogens (tertiary/aromatic N) is 2. The third-order valence-electron chi connectivity index (χ3n) is 3.19. The monoisotopic (exact) mass is 278 g/mol. The number of pyridine rings is 1. The van der Waals surface area contributed by atoms with Crippen LogP contribution in [0.5, 0.6) is 0 Å². The van der Waals surface area contributed by atoms with Crippen molar-refractivity contribution >= 4 is 11.7 Å². The molecule has 0 aliphatic heterocycles. The minimum atomic E-state index is -0.114. The standard InChI is InChI=1S/C15H26N4O/c1-5-16-14-9-6-8-13(18-14)15(20)17-10-7-11-19(4)12(2)3/h6,8-9,12H,5,7,10-11H2,1-4H3,(H,16,18)(H,17,20). The molecular formula is C15H26N4O. The van der Waals surface area contributed by atoms with E-state index in [1.165, 1.54) is 0 Å². The minimum absolute atomic E-state index is 0.114. The third-order valence-corrected chi connectivity index (χ3v) is 3.19. The number of hydrogen-bond acceptors (Lipinski definition) is 4. The van der Waals surface area contributed by atoms with Gasteiger partial charge in [0.05, 0.1) is 0 Å². The number of carbonyl (C=O) groups excluding carboxylic acids is 1. The molecule has 5 heteroatoms. The van der Waals surface area contributed by atoms with Crippen LogP contribution in [-0.2, 0) is 0 Å². The lowest BCUT2D eigenvalue weighted by Gasteiger charge is -2.20. The summed E-state index contributed by atoms with van der Waals surface area (Å²) in [6.45, 7) is 8.76. The molecule has 1 aromatic heterocycles. The van der Waals surface area contributed by atoms with Crippen LogP contribution in [-0.4, -0.2) is 48.5 Å². The topological polar surface area (TPSA) is 57.3 Å². The van der Waals surface area contributed by atoms with Crippen molar-refractivity contribution < 1.29 is 4.79 Å². The van der Waals surface area contributed by atoms with E-state index in [0.717, 1.165) is 25.3 Å². The molecule has 20 heavy (non-hydrogen) atoms. The second-order valence-electron chi connectivity index (χ2n) is 5.12. The van der Waals surface area contributed by atoms with Gasteiger partial charge in [0.15, 0.2) is 0 Å². The highest BCUT2D eigenvalue weighted by Gasteiger charge is 2.08. The minimum Gasteiger partial charge on any atom is -0.370 e. The molecule has 1 heterocycles. The van der Waals surface area contributed by atoms with E-state index < -0.39 is 0 Å². The first-order chi connectivity index (χ1) is 9.54. The van der Waals surface area contributed by atoms with E-state index >= 15 is 0 Å². The fraction of sp³-hybridized carbons (Fsp3) is 0.600. The molecule has 0 aliphatic carbocycles. The highest BCUT2D eigenvalue weighted by Crippen LogP contribution is 2.04. The molecule has 0 saturated heterocycles. The summed E-state index contributed by atoms with van der Waals surface area (Å²) in [6.07, 6.45) is 0.938. The predicted octanol–water partition coefficient (Wildman–Crippen LogP) is 1.97. The summed E-state index contributed by atoms with van der Waals surface area (Å²) in [5, 5.41) is 6.01. The van der Waals surface area contributed by atoms with Gasteiger partial charge >= 0.3 is 0 Å². The molecule has 0 radical (unpaired) electrons. The fourth-order valence-electron chi connectivity index (χ4n) is 1.72. The Labute approximate surface area is 121 Å². The highest BCUT2D eigenvalue weighted by molar-refractivity contribution is 5.92. The van der Waals surface area contributed by atoms with Crippen LogP contribution >= 0.6 is 0 Å². The number of rotatable bonds is 8. The first-order valence-electron chi connectivity index (χ1n) is 7.24. The summed E-state index contributed by atoms with van der Waals surface area (Å²) in [4.78, 5) is 18.5. The molecule has 1 aromatic rings. The van der Waals surface area contributed by atoms with E-state index in [4.69, 9.17) is 0 Å². The number of nitrogens with one attached hydrogen (secondary N) is 2. The molecule has 0 aliphatic rings. The van der Waals surface area contributed by atoms with Crippen LogP contribution in [0.25, 0.3) is 0 Å². The van der Waals surface area contributed by atoms with Crippen LogP contribution in [0.1, 0.15) is 37.7 Å². The molecule has 0 aromatic carbocycles. The third kappa shape index (κ3) is 5.57. The van der Waals surface area contributed by atoms with Crippen LogP contribution in [0.4, 0.5) is 5.82 Å². The quantitative estimate of drug-likeness (QED) is 0.714. The lowest BCUT2D eigenvalue weighted by atomic mass is 10.3. The van der Waals surface area contributed by atoms with Gasteiger partial charge in [0.1, 0.15) is 11.5 Å². The maximum Gasteiger partial charge on any atom is 0.269 e. The van der Waals surface area contributed by atoms with E-state index in [-0.39, 0.29) is 5.91 Å². The molecule has 0 spiro atoms. The first kappa shape index (κ1) is 16.4. The molecule has 0 fully saturated rings. The Morgan fingerprint density at radius 3 is 2.80 bits per heavy atom. The van der Waals surface area contributed by atoms with Crippen LogP contribution < -0.4 is 10.6 Å². The fourth-order valence-corrected chi connectivity index (χ4v) is 1.72. The maximum absolute atomic E-state index is 12.0. The van der Waals surface area contributed by atoms with Gasteiger partial charge in [0, 0.05) is 19.1 Å². The number of hydrogen-bond donors (Lipinski definition) is 2. The van der Waals surface area contributed by atoms with E-state index in [0.29, 0.717) is 18.3 Å².